The van der Waals surface area contributed by atoms with E-state index < -0.39 is 0 Å². The molecule has 2 aromatic rings. The molecule has 1 aliphatic rings. The Balaban J connectivity index is 1.65. The number of ether oxygens (including phenoxy) is 1. The summed E-state index contributed by atoms with van der Waals surface area (Å²) < 4.78 is 6.88. The van der Waals surface area contributed by atoms with Crippen molar-refractivity contribution in [2.45, 2.75) is 32.0 Å². The maximum absolute atomic E-state index is 9.03. The van der Waals surface area contributed by atoms with Gasteiger partial charge in [-0.1, -0.05) is 34.1 Å². The van der Waals surface area contributed by atoms with Crippen molar-refractivity contribution in [1.29, 1.82) is 0 Å². The van der Waals surface area contributed by atoms with E-state index in [1.54, 1.807) is 0 Å². The van der Waals surface area contributed by atoms with Crippen LogP contribution in [0.2, 0.25) is 0 Å². The van der Waals surface area contributed by atoms with Crippen molar-refractivity contribution in [2.75, 3.05) is 0 Å². The molecule has 110 valence electrons. The van der Waals surface area contributed by atoms with E-state index in [9.17, 15) is 0 Å². The normalized spacial score (nSPS) is 14.2. The minimum absolute atomic E-state index is 0.0501. The molecule has 2 aromatic carbocycles. The molecule has 0 spiro atoms. The van der Waals surface area contributed by atoms with Gasteiger partial charge in [0, 0.05) is 17.1 Å². The minimum atomic E-state index is 0.0501. The standard InChI is InChI=1S/C17H18BrNO2/c18-17-9-16(8-3-13(17)10-19-14-4-5-14)21-15-6-1-12(11-20)2-7-15/h1-3,6-9,14,19-20H,4-5,10-11H2. The van der Waals surface area contributed by atoms with E-state index in [0.29, 0.717) is 6.04 Å². The molecule has 0 saturated heterocycles. The lowest BCUT2D eigenvalue weighted by molar-refractivity contribution is 0.281. The third kappa shape index (κ3) is 4.06. The first-order valence-corrected chi connectivity index (χ1v) is 7.93. The van der Waals surface area contributed by atoms with Crippen LogP contribution in [0.15, 0.2) is 46.9 Å². The summed E-state index contributed by atoms with van der Waals surface area (Å²) in [7, 11) is 0. The zero-order valence-electron chi connectivity index (χ0n) is 11.7. The molecular weight excluding hydrogens is 330 g/mol. The first kappa shape index (κ1) is 14.6. The molecular formula is C17H18BrNO2. The van der Waals surface area contributed by atoms with E-state index in [0.717, 1.165) is 28.1 Å². The predicted octanol–water partition coefficient (Wildman–Crippen LogP) is 3.99. The lowest BCUT2D eigenvalue weighted by Gasteiger charge is -2.10. The quantitative estimate of drug-likeness (QED) is 0.830. The van der Waals surface area contributed by atoms with Gasteiger partial charge in [0.25, 0.3) is 0 Å². The van der Waals surface area contributed by atoms with Crippen LogP contribution in [0.3, 0.4) is 0 Å². The van der Waals surface area contributed by atoms with E-state index in [-0.39, 0.29) is 6.61 Å². The lowest BCUT2D eigenvalue weighted by atomic mass is 10.2. The smallest absolute Gasteiger partial charge is 0.128 e. The maximum atomic E-state index is 9.03. The van der Waals surface area contributed by atoms with Crippen molar-refractivity contribution in [3.63, 3.8) is 0 Å². The summed E-state index contributed by atoms with van der Waals surface area (Å²) in [6, 6.07) is 14.2. The summed E-state index contributed by atoms with van der Waals surface area (Å²) >= 11 is 3.60. The number of rotatable bonds is 6. The average Bonchev–Trinajstić information content (AvgIpc) is 3.31. The molecule has 1 fully saturated rings. The van der Waals surface area contributed by atoms with Crippen LogP contribution in [0.25, 0.3) is 0 Å². The van der Waals surface area contributed by atoms with Crippen molar-refractivity contribution < 1.29 is 9.84 Å². The Morgan fingerprint density at radius 3 is 2.43 bits per heavy atom. The summed E-state index contributed by atoms with van der Waals surface area (Å²) in [4.78, 5) is 0. The molecule has 3 rings (SSSR count). The molecule has 0 radical (unpaired) electrons. The van der Waals surface area contributed by atoms with E-state index in [1.807, 2.05) is 36.4 Å². The molecule has 0 atom stereocenters. The molecule has 0 aromatic heterocycles. The van der Waals surface area contributed by atoms with Crippen molar-refractivity contribution in [3.8, 4) is 11.5 Å². The number of aliphatic hydroxyl groups is 1. The highest BCUT2D eigenvalue weighted by atomic mass is 79.9. The highest BCUT2D eigenvalue weighted by molar-refractivity contribution is 9.10. The van der Waals surface area contributed by atoms with Crippen LogP contribution in [0.5, 0.6) is 11.5 Å². The van der Waals surface area contributed by atoms with E-state index in [4.69, 9.17) is 9.84 Å². The second kappa shape index (κ2) is 6.60. The molecule has 3 nitrogen and oxygen atoms in total. The van der Waals surface area contributed by atoms with Crippen LogP contribution in [-0.4, -0.2) is 11.1 Å². The minimum Gasteiger partial charge on any atom is -0.457 e. The molecule has 4 heteroatoms. The molecule has 0 bridgehead atoms. The van der Waals surface area contributed by atoms with E-state index in [2.05, 4.69) is 27.3 Å². The van der Waals surface area contributed by atoms with Crippen LogP contribution >= 0.6 is 15.9 Å². The third-order valence-corrected chi connectivity index (χ3v) is 4.26. The van der Waals surface area contributed by atoms with Crippen molar-refractivity contribution in [1.82, 2.24) is 5.32 Å². The molecule has 0 amide bonds. The van der Waals surface area contributed by atoms with E-state index in [1.165, 1.54) is 18.4 Å². The zero-order valence-corrected chi connectivity index (χ0v) is 13.3. The third-order valence-electron chi connectivity index (χ3n) is 3.52. The highest BCUT2D eigenvalue weighted by Gasteiger charge is 2.20. The van der Waals surface area contributed by atoms with Crippen LogP contribution in [0, 0.1) is 0 Å². The van der Waals surface area contributed by atoms with Gasteiger partial charge in [-0.15, -0.1) is 0 Å². The monoisotopic (exact) mass is 347 g/mol. The molecule has 0 heterocycles. The van der Waals surface area contributed by atoms with Crippen LogP contribution in [0.1, 0.15) is 24.0 Å². The molecule has 0 aliphatic heterocycles. The van der Waals surface area contributed by atoms with Gasteiger partial charge in [-0.2, -0.15) is 0 Å². The summed E-state index contributed by atoms with van der Waals surface area (Å²) in [5, 5.41) is 12.5. The maximum Gasteiger partial charge on any atom is 0.128 e. The first-order chi connectivity index (χ1) is 10.2. The number of nitrogens with one attached hydrogen (secondary N) is 1. The largest absolute Gasteiger partial charge is 0.457 e. The Hall–Kier alpha value is -1.36. The number of hydrogen-bond acceptors (Lipinski definition) is 3. The Bertz CT molecular complexity index is 609. The summed E-state index contributed by atoms with van der Waals surface area (Å²) in [5.74, 6) is 1.57. The number of benzene rings is 2. The van der Waals surface area contributed by atoms with Gasteiger partial charge < -0.3 is 15.2 Å². The van der Waals surface area contributed by atoms with Gasteiger partial charge in [-0.3, -0.25) is 0 Å². The Morgan fingerprint density at radius 1 is 1.10 bits per heavy atom. The Kier molecular flexibility index (Phi) is 4.58. The molecule has 21 heavy (non-hydrogen) atoms. The van der Waals surface area contributed by atoms with Gasteiger partial charge in [0.1, 0.15) is 11.5 Å². The molecule has 2 N–H and O–H groups in total. The van der Waals surface area contributed by atoms with Crippen molar-refractivity contribution in [2.24, 2.45) is 0 Å². The van der Waals surface area contributed by atoms with Crippen LogP contribution in [-0.2, 0) is 13.2 Å². The molecule has 0 unspecified atom stereocenters. The average molecular weight is 348 g/mol. The molecule has 1 aliphatic carbocycles. The van der Waals surface area contributed by atoms with Gasteiger partial charge in [0.15, 0.2) is 0 Å². The number of halogens is 1. The number of aliphatic hydroxyl groups excluding tert-OH is 1. The topological polar surface area (TPSA) is 41.5 Å². The number of hydrogen-bond donors (Lipinski definition) is 2. The van der Waals surface area contributed by atoms with Gasteiger partial charge in [0.05, 0.1) is 6.61 Å². The fourth-order valence-electron chi connectivity index (χ4n) is 2.08. The van der Waals surface area contributed by atoms with Crippen molar-refractivity contribution in [3.05, 3.63) is 58.1 Å². The van der Waals surface area contributed by atoms with Gasteiger partial charge in [0.2, 0.25) is 0 Å². The van der Waals surface area contributed by atoms with Gasteiger partial charge >= 0.3 is 0 Å². The van der Waals surface area contributed by atoms with Crippen LogP contribution in [0.4, 0.5) is 0 Å². The van der Waals surface area contributed by atoms with Crippen molar-refractivity contribution >= 4 is 15.9 Å². The Labute approximate surface area is 133 Å². The summed E-state index contributed by atoms with van der Waals surface area (Å²) in [6.07, 6.45) is 2.59. The first-order valence-electron chi connectivity index (χ1n) is 7.14. The lowest BCUT2D eigenvalue weighted by Crippen LogP contribution is -2.15. The zero-order chi connectivity index (χ0) is 14.7. The van der Waals surface area contributed by atoms with Gasteiger partial charge in [-0.25, -0.2) is 0 Å². The summed E-state index contributed by atoms with van der Waals surface area (Å²) in [6.45, 7) is 0.936. The highest BCUT2D eigenvalue weighted by Crippen LogP contribution is 2.28. The fourth-order valence-corrected chi connectivity index (χ4v) is 2.57. The van der Waals surface area contributed by atoms with Crippen LogP contribution < -0.4 is 10.1 Å². The predicted molar refractivity (Wildman–Crippen MR) is 86.4 cm³/mol. The molecule has 1 saturated carbocycles. The van der Waals surface area contributed by atoms with Gasteiger partial charge in [-0.05, 0) is 48.2 Å². The second-order valence-electron chi connectivity index (χ2n) is 5.31. The SMILES string of the molecule is OCc1ccc(Oc2ccc(CNC3CC3)c(Br)c2)cc1. The van der Waals surface area contributed by atoms with E-state index >= 15 is 0 Å². The second-order valence-corrected chi connectivity index (χ2v) is 6.17. The summed E-state index contributed by atoms with van der Waals surface area (Å²) in [5.41, 5.74) is 2.12. The fraction of sp³-hybridized carbons (Fsp3) is 0.294. The Morgan fingerprint density at radius 2 is 1.81 bits per heavy atom.